The molecule has 0 spiro atoms. The fraction of sp³-hybridized carbons (Fsp3) is 0.333. The van der Waals surface area contributed by atoms with Crippen molar-refractivity contribution in [3.63, 3.8) is 0 Å². The lowest BCUT2D eigenvalue weighted by atomic mass is 10.1. The molecule has 0 fully saturated rings. The maximum Gasteiger partial charge on any atom is 0.274 e. The van der Waals surface area contributed by atoms with Crippen LogP contribution in [0.2, 0.25) is 0 Å². The molecule has 0 aliphatic carbocycles. The smallest absolute Gasteiger partial charge is 0.274 e. The van der Waals surface area contributed by atoms with Crippen LogP contribution in [0, 0.1) is 12.7 Å². The zero-order valence-corrected chi connectivity index (χ0v) is 12.3. The van der Waals surface area contributed by atoms with Gasteiger partial charge in [0.25, 0.3) is 5.91 Å². The summed E-state index contributed by atoms with van der Waals surface area (Å²) in [6.45, 7) is 5.40. The maximum atomic E-state index is 13.6. The van der Waals surface area contributed by atoms with Crippen molar-refractivity contribution in [3.05, 3.63) is 46.5 Å². The largest absolute Gasteiger partial charge is 0.395 e. The van der Waals surface area contributed by atoms with Crippen molar-refractivity contribution >= 4 is 11.6 Å². The van der Waals surface area contributed by atoms with Crippen LogP contribution in [0.5, 0.6) is 0 Å². The third-order valence-corrected chi connectivity index (χ3v) is 3.50. The van der Waals surface area contributed by atoms with E-state index >= 15 is 0 Å². The first-order valence-corrected chi connectivity index (χ1v) is 6.83. The quantitative estimate of drug-likeness (QED) is 0.809. The topological polar surface area (TPSA) is 83.8 Å². The van der Waals surface area contributed by atoms with Crippen molar-refractivity contribution in [3.8, 4) is 0 Å². The summed E-state index contributed by atoms with van der Waals surface area (Å²) < 4.78 is 13.6. The Labute approximate surface area is 122 Å². The molecule has 1 unspecified atom stereocenters. The van der Waals surface area contributed by atoms with Gasteiger partial charge in [0.2, 0.25) is 0 Å². The average Bonchev–Trinajstić information content (AvgIpc) is 2.82. The lowest BCUT2D eigenvalue weighted by Gasteiger charge is -2.14. The number of H-pyrrole nitrogens is 1. The molecule has 0 aliphatic heterocycles. The fourth-order valence-corrected chi connectivity index (χ4v) is 2.06. The summed E-state index contributed by atoms with van der Waals surface area (Å²) in [4.78, 5) is 12.2. The summed E-state index contributed by atoms with van der Waals surface area (Å²) in [6.07, 6.45) is 0.671. The van der Waals surface area contributed by atoms with Gasteiger partial charge in [-0.15, -0.1) is 0 Å². The Morgan fingerprint density at radius 1 is 1.52 bits per heavy atom. The first-order valence-electron chi connectivity index (χ1n) is 6.83. The highest BCUT2D eigenvalue weighted by molar-refractivity contribution is 5.97. The summed E-state index contributed by atoms with van der Waals surface area (Å²) in [6, 6.07) is 4.56. The van der Waals surface area contributed by atoms with Crippen LogP contribution in [-0.2, 0) is 6.42 Å². The molecule has 0 bridgehead atoms. The molecule has 4 N–H and O–H groups in total. The molecule has 6 heteroatoms. The molecule has 5 nitrogen and oxygen atoms in total. The van der Waals surface area contributed by atoms with Crippen LogP contribution in [0.4, 0.5) is 10.1 Å². The van der Waals surface area contributed by atoms with Gasteiger partial charge in [-0.05, 0) is 37.5 Å². The van der Waals surface area contributed by atoms with Crippen molar-refractivity contribution in [2.45, 2.75) is 33.2 Å². The number of rotatable bonds is 4. The number of anilines is 1. The molecule has 112 valence electrons. The predicted octanol–water partition coefficient (Wildman–Crippen LogP) is 2.49. The van der Waals surface area contributed by atoms with Gasteiger partial charge in [0, 0.05) is 0 Å². The van der Waals surface area contributed by atoms with E-state index in [-0.39, 0.29) is 23.5 Å². The van der Waals surface area contributed by atoms with Gasteiger partial charge in [-0.25, -0.2) is 4.39 Å². The first-order chi connectivity index (χ1) is 9.93. The SMILES string of the molecule is CCc1[nH]nc(C(=O)NC(C)c2ccc(C)c(F)c2)c1N. The number of benzene rings is 1. The molecule has 2 aromatic rings. The predicted molar refractivity (Wildman–Crippen MR) is 79.4 cm³/mol. The minimum Gasteiger partial charge on any atom is -0.395 e. The number of aromatic amines is 1. The maximum absolute atomic E-state index is 13.6. The van der Waals surface area contributed by atoms with E-state index in [1.165, 1.54) is 6.07 Å². The van der Waals surface area contributed by atoms with Gasteiger partial charge in [-0.3, -0.25) is 9.89 Å². The van der Waals surface area contributed by atoms with E-state index in [0.717, 1.165) is 5.69 Å². The molecule has 0 radical (unpaired) electrons. The molecule has 2 rings (SSSR count). The van der Waals surface area contributed by atoms with Gasteiger partial charge >= 0.3 is 0 Å². The number of aromatic nitrogens is 2. The first kappa shape index (κ1) is 15.0. The number of carbonyl (C=O) groups is 1. The van der Waals surface area contributed by atoms with E-state index in [1.807, 2.05) is 6.92 Å². The number of nitrogens with two attached hydrogens (primary N) is 1. The second-order valence-corrected chi connectivity index (χ2v) is 5.02. The number of hydrogen-bond acceptors (Lipinski definition) is 3. The van der Waals surface area contributed by atoms with Crippen LogP contribution in [0.3, 0.4) is 0 Å². The van der Waals surface area contributed by atoms with Crippen LogP contribution in [-0.4, -0.2) is 16.1 Å². The Kier molecular flexibility index (Phi) is 4.26. The number of nitrogens with zero attached hydrogens (tertiary/aromatic N) is 1. The van der Waals surface area contributed by atoms with Gasteiger partial charge < -0.3 is 11.1 Å². The molecule has 1 aromatic carbocycles. The minimum absolute atomic E-state index is 0.172. The van der Waals surface area contributed by atoms with Gasteiger partial charge in [-0.1, -0.05) is 19.1 Å². The molecular weight excluding hydrogens is 271 g/mol. The highest BCUT2D eigenvalue weighted by atomic mass is 19.1. The van der Waals surface area contributed by atoms with Gasteiger partial charge in [0.1, 0.15) is 5.82 Å². The molecular formula is C15H19FN4O. The van der Waals surface area contributed by atoms with Crippen molar-refractivity contribution in [1.29, 1.82) is 0 Å². The summed E-state index contributed by atoms with van der Waals surface area (Å²) in [5, 5.41) is 9.44. The van der Waals surface area contributed by atoms with Crippen molar-refractivity contribution in [2.24, 2.45) is 0 Å². The van der Waals surface area contributed by atoms with E-state index in [0.29, 0.717) is 23.2 Å². The van der Waals surface area contributed by atoms with Crippen molar-refractivity contribution in [1.82, 2.24) is 15.5 Å². The summed E-state index contributed by atoms with van der Waals surface area (Å²) in [5.74, 6) is -0.668. The van der Waals surface area contributed by atoms with E-state index in [2.05, 4.69) is 15.5 Å². The van der Waals surface area contributed by atoms with Crippen LogP contribution < -0.4 is 11.1 Å². The van der Waals surface area contributed by atoms with Crippen molar-refractivity contribution < 1.29 is 9.18 Å². The van der Waals surface area contributed by atoms with Gasteiger partial charge in [0.05, 0.1) is 17.4 Å². The number of nitrogens with one attached hydrogen (secondary N) is 2. The van der Waals surface area contributed by atoms with E-state index in [1.54, 1.807) is 26.0 Å². The molecule has 0 saturated heterocycles. The molecule has 1 aromatic heterocycles. The number of halogens is 1. The molecule has 1 heterocycles. The second kappa shape index (κ2) is 5.95. The van der Waals surface area contributed by atoms with Crippen LogP contribution >= 0.6 is 0 Å². The molecule has 0 saturated carbocycles. The zero-order valence-electron chi connectivity index (χ0n) is 12.3. The third-order valence-electron chi connectivity index (χ3n) is 3.50. The van der Waals surface area contributed by atoms with Gasteiger partial charge in [0.15, 0.2) is 5.69 Å². The number of nitrogen functional groups attached to an aromatic ring is 1. The highest BCUT2D eigenvalue weighted by Crippen LogP contribution is 2.19. The number of amides is 1. The lowest BCUT2D eigenvalue weighted by molar-refractivity contribution is 0.0935. The zero-order chi connectivity index (χ0) is 15.6. The van der Waals surface area contributed by atoms with E-state index in [4.69, 9.17) is 5.73 Å². The van der Waals surface area contributed by atoms with Crippen LogP contribution in [0.15, 0.2) is 18.2 Å². The molecule has 0 aliphatic rings. The molecule has 1 amide bonds. The Bertz CT molecular complexity index is 666. The number of carbonyl (C=O) groups excluding carboxylic acids is 1. The standard InChI is InChI=1S/C15H19FN4O/c1-4-12-13(17)14(20-19-12)15(21)18-9(3)10-6-5-8(2)11(16)7-10/h5-7,9H,4,17H2,1-3H3,(H,18,21)(H,19,20). The van der Waals surface area contributed by atoms with Crippen molar-refractivity contribution in [2.75, 3.05) is 5.73 Å². The monoisotopic (exact) mass is 290 g/mol. The Morgan fingerprint density at radius 3 is 2.81 bits per heavy atom. The Hall–Kier alpha value is -2.37. The normalized spacial score (nSPS) is 12.2. The van der Waals surface area contributed by atoms with Crippen LogP contribution in [0.25, 0.3) is 0 Å². The Balaban J connectivity index is 2.14. The fourth-order valence-electron chi connectivity index (χ4n) is 2.06. The lowest BCUT2D eigenvalue weighted by Crippen LogP contribution is -2.27. The van der Waals surface area contributed by atoms with Gasteiger partial charge in [-0.2, -0.15) is 5.10 Å². The summed E-state index contributed by atoms with van der Waals surface area (Å²) >= 11 is 0. The third kappa shape index (κ3) is 3.04. The second-order valence-electron chi connectivity index (χ2n) is 5.02. The summed E-state index contributed by atoms with van der Waals surface area (Å²) in [5.41, 5.74) is 8.38. The number of hydrogen-bond donors (Lipinski definition) is 3. The van der Waals surface area contributed by atoms with Crippen LogP contribution in [0.1, 0.15) is 47.2 Å². The number of aryl methyl sites for hydroxylation is 2. The minimum atomic E-state index is -0.378. The Morgan fingerprint density at radius 2 is 2.24 bits per heavy atom. The van der Waals surface area contributed by atoms with E-state index in [9.17, 15) is 9.18 Å². The van der Waals surface area contributed by atoms with E-state index < -0.39 is 0 Å². The molecule has 1 atom stereocenters. The summed E-state index contributed by atoms with van der Waals surface area (Å²) in [7, 11) is 0. The highest BCUT2D eigenvalue weighted by Gasteiger charge is 2.19. The molecule has 21 heavy (non-hydrogen) atoms. The average molecular weight is 290 g/mol.